The van der Waals surface area contributed by atoms with E-state index in [9.17, 15) is 8.42 Å². The molecule has 1 aliphatic rings. The van der Waals surface area contributed by atoms with Crippen molar-refractivity contribution in [3.8, 4) is 0 Å². The largest absolute Gasteiger partial charge is 0.313 e. The highest BCUT2D eigenvalue weighted by Gasteiger charge is 2.22. The van der Waals surface area contributed by atoms with E-state index >= 15 is 0 Å². The molecule has 2 N–H and O–H groups in total. The zero-order chi connectivity index (χ0) is 15.1. The van der Waals surface area contributed by atoms with Crippen LogP contribution in [0, 0.1) is 0 Å². The molecule has 0 atom stereocenters. The summed E-state index contributed by atoms with van der Waals surface area (Å²) in [6.07, 6.45) is 4.12. The SMILES string of the molecule is CCNCc1cccc(NS(=O)(=O)N2CCCCCC2)c1. The fourth-order valence-electron chi connectivity index (χ4n) is 2.51. The normalized spacial score (nSPS) is 17.4. The summed E-state index contributed by atoms with van der Waals surface area (Å²) in [6.45, 7) is 4.92. The van der Waals surface area contributed by atoms with Gasteiger partial charge in [0, 0.05) is 19.6 Å². The molecule has 0 aromatic heterocycles. The molecule has 0 radical (unpaired) electrons. The van der Waals surface area contributed by atoms with Gasteiger partial charge in [-0.3, -0.25) is 4.72 Å². The van der Waals surface area contributed by atoms with E-state index in [2.05, 4.69) is 10.0 Å². The molecular weight excluding hydrogens is 286 g/mol. The molecule has 1 heterocycles. The van der Waals surface area contributed by atoms with Gasteiger partial charge in [0.2, 0.25) is 0 Å². The lowest BCUT2D eigenvalue weighted by Crippen LogP contribution is -2.36. The van der Waals surface area contributed by atoms with Gasteiger partial charge in [-0.1, -0.05) is 31.9 Å². The van der Waals surface area contributed by atoms with E-state index in [-0.39, 0.29) is 0 Å². The summed E-state index contributed by atoms with van der Waals surface area (Å²) in [6, 6.07) is 7.56. The highest BCUT2D eigenvalue weighted by molar-refractivity contribution is 7.90. The number of anilines is 1. The molecule has 6 heteroatoms. The predicted molar refractivity (Wildman–Crippen MR) is 86.4 cm³/mol. The van der Waals surface area contributed by atoms with Crippen LogP contribution in [0.5, 0.6) is 0 Å². The Bertz CT molecular complexity index is 538. The molecule has 118 valence electrons. The van der Waals surface area contributed by atoms with Crippen LogP contribution in [0.25, 0.3) is 0 Å². The molecular formula is C15H25N3O2S. The molecule has 0 saturated carbocycles. The minimum absolute atomic E-state index is 0.617. The Labute approximate surface area is 127 Å². The van der Waals surface area contributed by atoms with Gasteiger partial charge in [0.15, 0.2) is 0 Å². The zero-order valence-corrected chi connectivity index (χ0v) is 13.5. The van der Waals surface area contributed by atoms with E-state index in [0.717, 1.165) is 44.3 Å². The fourth-order valence-corrected chi connectivity index (χ4v) is 3.80. The van der Waals surface area contributed by atoms with E-state index < -0.39 is 10.2 Å². The minimum Gasteiger partial charge on any atom is -0.313 e. The molecule has 5 nitrogen and oxygen atoms in total. The summed E-state index contributed by atoms with van der Waals surface area (Å²) in [5.41, 5.74) is 1.71. The predicted octanol–water partition coefficient (Wildman–Crippen LogP) is 2.33. The van der Waals surface area contributed by atoms with Crippen molar-refractivity contribution in [2.45, 2.75) is 39.2 Å². The van der Waals surface area contributed by atoms with Crippen LogP contribution in [-0.4, -0.2) is 32.4 Å². The number of benzene rings is 1. The van der Waals surface area contributed by atoms with E-state index in [0.29, 0.717) is 18.8 Å². The average molecular weight is 311 g/mol. The number of nitrogens with one attached hydrogen (secondary N) is 2. The lowest BCUT2D eigenvalue weighted by atomic mass is 10.2. The lowest BCUT2D eigenvalue weighted by molar-refractivity contribution is 0.427. The number of hydrogen-bond acceptors (Lipinski definition) is 3. The van der Waals surface area contributed by atoms with E-state index in [4.69, 9.17) is 0 Å². The molecule has 0 bridgehead atoms. The van der Waals surface area contributed by atoms with Gasteiger partial charge in [-0.05, 0) is 37.1 Å². The molecule has 1 aromatic rings. The fraction of sp³-hybridized carbons (Fsp3) is 0.600. The van der Waals surface area contributed by atoms with Gasteiger partial charge < -0.3 is 5.32 Å². The van der Waals surface area contributed by atoms with Crippen LogP contribution in [0.3, 0.4) is 0 Å². The molecule has 1 fully saturated rings. The standard InChI is InChI=1S/C15H25N3O2S/c1-2-16-13-14-8-7-9-15(12-14)17-21(19,20)18-10-5-3-4-6-11-18/h7-9,12,16-17H,2-6,10-11,13H2,1H3. The summed E-state index contributed by atoms with van der Waals surface area (Å²) in [7, 11) is -3.43. The Kier molecular flexibility index (Phi) is 6.02. The topological polar surface area (TPSA) is 61.4 Å². The summed E-state index contributed by atoms with van der Waals surface area (Å²) in [5.74, 6) is 0. The molecule has 1 saturated heterocycles. The first-order valence-electron chi connectivity index (χ1n) is 7.69. The molecule has 0 unspecified atom stereocenters. The maximum Gasteiger partial charge on any atom is 0.301 e. The smallest absolute Gasteiger partial charge is 0.301 e. The molecule has 0 spiro atoms. The second-order valence-electron chi connectivity index (χ2n) is 5.40. The highest BCUT2D eigenvalue weighted by atomic mass is 32.2. The van der Waals surface area contributed by atoms with Crippen LogP contribution in [0.15, 0.2) is 24.3 Å². The van der Waals surface area contributed by atoms with Crippen LogP contribution in [0.2, 0.25) is 0 Å². The molecule has 1 aromatic carbocycles. The van der Waals surface area contributed by atoms with Crippen molar-refractivity contribution < 1.29 is 8.42 Å². The Morgan fingerprint density at radius 2 is 1.86 bits per heavy atom. The van der Waals surface area contributed by atoms with Crippen molar-refractivity contribution in [2.24, 2.45) is 0 Å². The van der Waals surface area contributed by atoms with E-state index in [1.54, 1.807) is 10.4 Å². The second-order valence-corrected chi connectivity index (χ2v) is 7.07. The third-order valence-electron chi connectivity index (χ3n) is 3.66. The van der Waals surface area contributed by atoms with Gasteiger partial charge in [0.05, 0.1) is 5.69 Å². The van der Waals surface area contributed by atoms with Crippen LogP contribution >= 0.6 is 0 Å². The van der Waals surface area contributed by atoms with Gasteiger partial charge >= 0.3 is 10.2 Å². The Morgan fingerprint density at radius 3 is 2.52 bits per heavy atom. The Hall–Kier alpha value is -1.11. The van der Waals surface area contributed by atoms with Crippen molar-refractivity contribution in [2.75, 3.05) is 24.4 Å². The molecule has 2 rings (SSSR count). The quantitative estimate of drug-likeness (QED) is 0.847. The molecule has 1 aliphatic heterocycles. The van der Waals surface area contributed by atoms with Crippen LogP contribution in [0.1, 0.15) is 38.2 Å². The Balaban J connectivity index is 2.05. The minimum atomic E-state index is -3.43. The van der Waals surface area contributed by atoms with Crippen molar-refractivity contribution in [3.05, 3.63) is 29.8 Å². The van der Waals surface area contributed by atoms with E-state index in [1.807, 2.05) is 25.1 Å². The average Bonchev–Trinajstić information content (AvgIpc) is 2.74. The third kappa shape index (κ3) is 4.98. The van der Waals surface area contributed by atoms with Gasteiger partial charge in [0.25, 0.3) is 0 Å². The first-order valence-corrected chi connectivity index (χ1v) is 9.13. The summed E-state index contributed by atoms with van der Waals surface area (Å²) < 4.78 is 29.1. The van der Waals surface area contributed by atoms with Crippen molar-refractivity contribution in [1.82, 2.24) is 9.62 Å². The maximum atomic E-state index is 12.4. The third-order valence-corrected chi connectivity index (χ3v) is 5.20. The zero-order valence-electron chi connectivity index (χ0n) is 12.6. The summed E-state index contributed by atoms with van der Waals surface area (Å²) >= 11 is 0. The molecule has 21 heavy (non-hydrogen) atoms. The van der Waals surface area contributed by atoms with Crippen molar-refractivity contribution >= 4 is 15.9 Å². The van der Waals surface area contributed by atoms with Crippen LogP contribution < -0.4 is 10.0 Å². The maximum absolute atomic E-state index is 12.4. The van der Waals surface area contributed by atoms with Crippen LogP contribution in [0.4, 0.5) is 5.69 Å². The lowest BCUT2D eigenvalue weighted by Gasteiger charge is -2.21. The number of hydrogen-bond donors (Lipinski definition) is 2. The van der Waals surface area contributed by atoms with E-state index in [1.165, 1.54) is 0 Å². The highest BCUT2D eigenvalue weighted by Crippen LogP contribution is 2.17. The van der Waals surface area contributed by atoms with Crippen molar-refractivity contribution in [3.63, 3.8) is 0 Å². The molecule has 0 amide bonds. The van der Waals surface area contributed by atoms with Gasteiger partial charge in [-0.25, -0.2) is 0 Å². The van der Waals surface area contributed by atoms with Gasteiger partial charge in [-0.15, -0.1) is 0 Å². The Morgan fingerprint density at radius 1 is 1.14 bits per heavy atom. The van der Waals surface area contributed by atoms with Gasteiger partial charge in [-0.2, -0.15) is 12.7 Å². The number of nitrogens with zero attached hydrogens (tertiary/aromatic N) is 1. The summed E-state index contributed by atoms with van der Waals surface area (Å²) in [4.78, 5) is 0. The molecule has 0 aliphatic carbocycles. The van der Waals surface area contributed by atoms with Gasteiger partial charge in [0.1, 0.15) is 0 Å². The van der Waals surface area contributed by atoms with Crippen molar-refractivity contribution in [1.29, 1.82) is 0 Å². The first kappa shape index (κ1) is 16.3. The number of rotatable bonds is 6. The second kappa shape index (κ2) is 7.77. The first-order chi connectivity index (χ1) is 10.1. The summed E-state index contributed by atoms with van der Waals surface area (Å²) in [5, 5.41) is 3.24. The monoisotopic (exact) mass is 311 g/mol. The van der Waals surface area contributed by atoms with Crippen LogP contribution in [-0.2, 0) is 16.8 Å².